The molecule has 176 valence electrons. The molecular formula is C25H24N8O2. The van der Waals surface area contributed by atoms with E-state index in [1.807, 2.05) is 32.0 Å². The molecule has 4 aromatic heterocycles. The Morgan fingerprint density at radius 3 is 2.80 bits per heavy atom. The molecule has 5 aromatic rings. The average molecular weight is 469 g/mol. The summed E-state index contributed by atoms with van der Waals surface area (Å²) in [7, 11) is 0. The van der Waals surface area contributed by atoms with Gasteiger partial charge in [0.15, 0.2) is 11.6 Å². The number of benzene rings is 1. The highest BCUT2D eigenvalue weighted by Crippen LogP contribution is 2.35. The van der Waals surface area contributed by atoms with Crippen LogP contribution in [0.3, 0.4) is 0 Å². The van der Waals surface area contributed by atoms with E-state index in [1.54, 1.807) is 12.5 Å². The van der Waals surface area contributed by atoms with E-state index in [0.29, 0.717) is 37.2 Å². The summed E-state index contributed by atoms with van der Waals surface area (Å²) in [6, 6.07) is 12.0. The molecule has 6 rings (SSSR count). The normalized spacial score (nSPS) is 12.3. The molecule has 10 nitrogen and oxygen atoms in total. The Labute approximate surface area is 201 Å². The Bertz CT molecular complexity index is 1500. The standard InChI is InChI=1S/C25H24N8O2/c1-15(2)25-28-23(31-35-25)22-20-11-32-21(13-34-12-17-6-4-5-9-26-17)29-30-24(32)18-10-16(3)7-8-19(18)33(20)14-27-22/h4-10,14-15H,11-13H2,1-3H3. The zero-order chi connectivity index (χ0) is 23.9. The maximum absolute atomic E-state index is 5.95. The summed E-state index contributed by atoms with van der Waals surface area (Å²) in [5, 5.41) is 13.2. The van der Waals surface area contributed by atoms with E-state index >= 15 is 0 Å². The molecule has 0 fully saturated rings. The minimum Gasteiger partial charge on any atom is -0.367 e. The van der Waals surface area contributed by atoms with Crippen LogP contribution in [0, 0.1) is 6.92 Å². The Kier molecular flexibility index (Phi) is 5.22. The second-order valence-electron chi connectivity index (χ2n) is 8.88. The van der Waals surface area contributed by atoms with Gasteiger partial charge in [0.2, 0.25) is 11.7 Å². The van der Waals surface area contributed by atoms with E-state index in [1.165, 1.54) is 0 Å². The van der Waals surface area contributed by atoms with Crippen LogP contribution in [0.1, 0.15) is 48.4 Å². The van der Waals surface area contributed by atoms with E-state index in [-0.39, 0.29) is 5.92 Å². The van der Waals surface area contributed by atoms with Crippen molar-refractivity contribution in [2.75, 3.05) is 0 Å². The van der Waals surface area contributed by atoms with Crippen LogP contribution in [-0.2, 0) is 24.5 Å². The van der Waals surface area contributed by atoms with Crippen molar-refractivity contribution in [2.24, 2.45) is 0 Å². The van der Waals surface area contributed by atoms with Crippen LogP contribution < -0.4 is 0 Å². The lowest BCUT2D eigenvalue weighted by molar-refractivity contribution is 0.0969. The van der Waals surface area contributed by atoms with Crippen molar-refractivity contribution in [3.05, 3.63) is 77.6 Å². The van der Waals surface area contributed by atoms with Crippen molar-refractivity contribution in [1.29, 1.82) is 0 Å². The first-order valence-corrected chi connectivity index (χ1v) is 11.5. The number of pyridine rings is 1. The molecule has 0 amide bonds. The highest BCUT2D eigenvalue weighted by molar-refractivity contribution is 5.71. The van der Waals surface area contributed by atoms with E-state index in [9.17, 15) is 0 Å². The van der Waals surface area contributed by atoms with Gasteiger partial charge in [0.05, 0.1) is 30.2 Å². The second kappa shape index (κ2) is 8.55. The quantitative estimate of drug-likeness (QED) is 0.360. The minimum atomic E-state index is 0.133. The molecule has 0 saturated heterocycles. The molecule has 1 aliphatic heterocycles. The predicted octanol–water partition coefficient (Wildman–Crippen LogP) is 4.09. The number of aryl methyl sites for hydroxylation is 1. The maximum Gasteiger partial charge on any atom is 0.229 e. The van der Waals surface area contributed by atoms with Crippen molar-refractivity contribution in [2.45, 2.75) is 46.4 Å². The smallest absolute Gasteiger partial charge is 0.229 e. The average Bonchev–Trinajstić information content (AvgIpc) is 3.58. The molecular weight excluding hydrogens is 444 g/mol. The number of imidazole rings is 1. The molecule has 0 spiro atoms. The van der Waals surface area contributed by atoms with Crippen LogP contribution in [0.5, 0.6) is 0 Å². The van der Waals surface area contributed by atoms with Gasteiger partial charge in [0.25, 0.3) is 0 Å². The third kappa shape index (κ3) is 3.81. The summed E-state index contributed by atoms with van der Waals surface area (Å²) < 4.78 is 15.6. The van der Waals surface area contributed by atoms with Gasteiger partial charge in [-0.05, 0) is 31.2 Å². The summed E-state index contributed by atoms with van der Waals surface area (Å²) in [4.78, 5) is 13.6. The van der Waals surface area contributed by atoms with Gasteiger partial charge in [0.1, 0.15) is 18.6 Å². The van der Waals surface area contributed by atoms with Crippen molar-refractivity contribution in [3.8, 4) is 28.6 Å². The first-order valence-electron chi connectivity index (χ1n) is 11.5. The number of rotatable bonds is 6. The van der Waals surface area contributed by atoms with E-state index in [0.717, 1.165) is 39.9 Å². The molecule has 0 radical (unpaired) electrons. The third-order valence-electron chi connectivity index (χ3n) is 6.01. The highest BCUT2D eigenvalue weighted by Gasteiger charge is 2.28. The lowest BCUT2D eigenvalue weighted by atomic mass is 10.1. The van der Waals surface area contributed by atoms with Crippen LogP contribution in [0.25, 0.3) is 28.6 Å². The molecule has 1 aromatic carbocycles. The van der Waals surface area contributed by atoms with Gasteiger partial charge in [-0.1, -0.05) is 36.7 Å². The number of hydrogen-bond donors (Lipinski definition) is 0. The molecule has 0 bridgehead atoms. The Morgan fingerprint density at radius 1 is 1.09 bits per heavy atom. The fourth-order valence-electron chi connectivity index (χ4n) is 4.21. The Hall–Kier alpha value is -4.18. The zero-order valence-electron chi connectivity index (χ0n) is 19.7. The van der Waals surface area contributed by atoms with Crippen LogP contribution in [0.2, 0.25) is 0 Å². The van der Waals surface area contributed by atoms with Gasteiger partial charge < -0.3 is 13.8 Å². The van der Waals surface area contributed by atoms with Gasteiger partial charge in [-0.15, -0.1) is 10.2 Å². The van der Waals surface area contributed by atoms with Crippen molar-refractivity contribution >= 4 is 0 Å². The molecule has 5 heterocycles. The fraction of sp³-hybridized carbons (Fsp3) is 0.280. The Morgan fingerprint density at radius 2 is 2.00 bits per heavy atom. The molecule has 10 heteroatoms. The largest absolute Gasteiger partial charge is 0.367 e. The summed E-state index contributed by atoms with van der Waals surface area (Å²) >= 11 is 0. The van der Waals surface area contributed by atoms with E-state index in [2.05, 4.69) is 64.6 Å². The lowest BCUT2D eigenvalue weighted by Crippen LogP contribution is -2.10. The first kappa shape index (κ1) is 21.4. The van der Waals surface area contributed by atoms with Crippen molar-refractivity contribution < 1.29 is 9.26 Å². The summed E-state index contributed by atoms with van der Waals surface area (Å²) in [5.41, 5.74) is 5.55. The molecule has 35 heavy (non-hydrogen) atoms. The van der Waals surface area contributed by atoms with E-state index in [4.69, 9.17) is 9.26 Å². The van der Waals surface area contributed by atoms with Gasteiger partial charge in [0, 0.05) is 17.7 Å². The highest BCUT2D eigenvalue weighted by atomic mass is 16.5. The van der Waals surface area contributed by atoms with Crippen LogP contribution in [0.4, 0.5) is 0 Å². The predicted molar refractivity (Wildman–Crippen MR) is 127 cm³/mol. The molecule has 0 N–H and O–H groups in total. The molecule has 0 saturated carbocycles. The fourth-order valence-corrected chi connectivity index (χ4v) is 4.21. The second-order valence-corrected chi connectivity index (χ2v) is 8.88. The van der Waals surface area contributed by atoms with Crippen LogP contribution >= 0.6 is 0 Å². The summed E-state index contributed by atoms with van der Waals surface area (Å²) in [6.45, 7) is 7.28. The minimum absolute atomic E-state index is 0.133. The van der Waals surface area contributed by atoms with Gasteiger partial charge >= 0.3 is 0 Å². The maximum atomic E-state index is 5.95. The van der Waals surface area contributed by atoms with Gasteiger partial charge in [-0.3, -0.25) is 9.55 Å². The molecule has 1 aliphatic rings. The van der Waals surface area contributed by atoms with Crippen LogP contribution in [-0.4, -0.2) is 39.4 Å². The first-order chi connectivity index (χ1) is 17.1. The number of ether oxygens (including phenoxy) is 1. The monoisotopic (exact) mass is 468 g/mol. The molecule has 0 aliphatic carbocycles. The lowest BCUT2D eigenvalue weighted by Gasteiger charge is -2.09. The van der Waals surface area contributed by atoms with Crippen molar-refractivity contribution in [1.82, 2.24) is 39.4 Å². The number of nitrogens with zero attached hydrogens (tertiary/aromatic N) is 8. The van der Waals surface area contributed by atoms with Gasteiger partial charge in [-0.25, -0.2) is 4.98 Å². The SMILES string of the molecule is Cc1ccc2c(c1)-c1nnc(COCc3ccccn3)n1Cc1c(-c3noc(C(C)C)n3)ncn1-2. The van der Waals surface area contributed by atoms with Crippen molar-refractivity contribution in [3.63, 3.8) is 0 Å². The number of aromatic nitrogens is 8. The van der Waals surface area contributed by atoms with Crippen LogP contribution in [0.15, 0.2) is 53.4 Å². The molecule has 0 unspecified atom stereocenters. The summed E-state index contributed by atoms with van der Waals surface area (Å²) in [5.74, 6) is 2.69. The topological polar surface area (TPSA) is 110 Å². The Balaban J connectivity index is 1.41. The third-order valence-corrected chi connectivity index (χ3v) is 6.01. The zero-order valence-corrected chi connectivity index (χ0v) is 19.7. The van der Waals surface area contributed by atoms with Gasteiger partial charge in [-0.2, -0.15) is 4.98 Å². The summed E-state index contributed by atoms with van der Waals surface area (Å²) in [6.07, 6.45) is 3.56. The number of hydrogen-bond acceptors (Lipinski definition) is 8. The molecule has 0 atom stereocenters. The van der Waals surface area contributed by atoms with E-state index < -0.39 is 0 Å². The number of fused-ring (bicyclic) bond motifs is 5.